The fourth-order valence-corrected chi connectivity index (χ4v) is 1.34. The van der Waals surface area contributed by atoms with Gasteiger partial charge in [0.1, 0.15) is 11.7 Å². The van der Waals surface area contributed by atoms with Gasteiger partial charge in [0.05, 0.1) is 11.6 Å². The molecule has 0 fully saturated rings. The summed E-state index contributed by atoms with van der Waals surface area (Å²) in [5, 5.41) is 8.52. The van der Waals surface area contributed by atoms with Gasteiger partial charge >= 0.3 is 0 Å². The Kier molecular flexibility index (Phi) is 3.37. The third-order valence-electron chi connectivity index (χ3n) is 1.78. The molecule has 14 heavy (non-hydrogen) atoms. The zero-order valence-corrected chi connectivity index (χ0v) is 9.01. The van der Waals surface area contributed by atoms with Crippen LogP contribution >= 0.6 is 15.9 Å². The van der Waals surface area contributed by atoms with E-state index in [4.69, 9.17) is 5.26 Å². The van der Waals surface area contributed by atoms with Crippen LogP contribution in [-0.2, 0) is 0 Å². The molecule has 1 atom stereocenters. The van der Waals surface area contributed by atoms with Gasteiger partial charge in [0.15, 0.2) is 5.78 Å². The van der Waals surface area contributed by atoms with Crippen molar-refractivity contribution in [2.24, 2.45) is 5.92 Å². The minimum atomic E-state index is -0.821. The van der Waals surface area contributed by atoms with Crippen LogP contribution in [0.25, 0.3) is 0 Å². The van der Waals surface area contributed by atoms with Gasteiger partial charge in [0, 0.05) is 4.47 Å². The van der Waals surface area contributed by atoms with Crippen molar-refractivity contribution in [2.45, 2.75) is 6.92 Å². The van der Waals surface area contributed by atoms with Crippen molar-refractivity contribution < 1.29 is 9.18 Å². The van der Waals surface area contributed by atoms with E-state index in [-0.39, 0.29) is 5.56 Å². The summed E-state index contributed by atoms with van der Waals surface area (Å²) in [6, 6.07) is 5.86. The Morgan fingerprint density at radius 3 is 2.86 bits per heavy atom. The number of nitriles is 1. The first-order valence-corrected chi connectivity index (χ1v) is 4.74. The molecule has 1 rings (SSSR count). The molecule has 1 aromatic rings. The van der Waals surface area contributed by atoms with E-state index < -0.39 is 17.5 Å². The predicted molar refractivity (Wildman–Crippen MR) is 53.2 cm³/mol. The molecule has 1 aromatic carbocycles. The average Bonchev–Trinajstić information content (AvgIpc) is 2.19. The van der Waals surface area contributed by atoms with Crippen LogP contribution in [0.4, 0.5) is 4.39 Å². The minimum Gasteiger partial charge on any atom is -0.293 e. The van der Waals surface area contributed by atoms with Crippen LogP contribution in [0.15, 0.2) is 22.7 Å². The average molecular weight is 256 g/mol. The van der Waals surface area contributed by atoms with Gasteiger partial charge in [-0.25, -0.2) is 4.39 Å². The summed E-state index contributed by atoms with van der Waals surface area (Å²) in [5.41, 5.74) is -0.0478. The normalized spacial score (nSPS) is 11.9. The number of nitrogens with zero attached hydrogens (tertiary/aromatic N) is 1. The first kappa shape index (κ1) is 10.9. The molecular weight excluding hydrogens is 249 g/mol. The fourth-order valence-electron chi connectivity index (χ4n) is 0.978. The number of Topliss-reactive ketones (excluding diaryl/α,β-unsaturated/α-hetero) is 1. The van der Waals surface area contributed by atoms with Crippen molar-refractivity contribution in [3.63, 3.8) is 0 Å². The molecule has 0 spiro atoms. The standard InChI is InChI=1S/C10H7BrFNO/c1-6(5-13)10(14)8-4-7(11)2-3-9(8)12/h2-4,6H,1H3. The summed E-state index contributed by atoms with van der Waals surface area (Å²) < 4.78 is 13.8. The Bertz CT molecular complexity index is 411. The van der Waals surface area contributed by atoms with Gasteiger partial charge in [0.25, 0.3) is 0 Å². The van der Waals surface area contributed by atoms with Crippen molar-refractivity contribution in [1.82, 2.24) is 0 Å². The second-order valence-corrected chi connectivity index (χ2v) is 3.75. The molecule has 1 unspecified atom stereocenters. The Morgan fingerprint density at radius 2 is 2.29 bits per heavy atom. The number of hydrogen-bond donors (Lipinski definition) is 0. The van der Waals surface area contributed by atoms with Crippen molar-refractivity contribution in [3.05, 3.63) is 34.1 Å². The van der Waals surface area contributed by atoms with Crippen molar-refractivity contribution in [1.29, 1.82) is 5.26 Å². The van der Waals surface area contributed by atoms with Crippen LogP contribution < -0.4 is 0 Å². The number of hydrogen-bond acceptors (Lipinski definition) is 2. The van der Waals surface area contributed by atoms with Crippen molar-refractivity contribution in [3.8, 4) is 6.07 Å². The summed E-state index contributed by atoms with van der Waals surface area (Å²) in [4.78, 5) is 11.5. The summed E-state index contributed by atoms with van der Waals surface area (Å²) in [6.45, 7) is 1.45. The molecule has 72 valence electrons. The van der Waals surface area contributed by atoms with Crippen molar-refractivity contribution in [2.75, 3.05) is 0 Å². The molecule has 0 bridgehead atoms. The van der Waals surface area contributed by atoms with Crippen LogP contribution in [0, 0.1) is 23.1 Å². The maximum atomic E-state index is 13.2. The highest BCUT2D eigenvalue weighted by Crippen LogP contribution is 2.18. The molecule has 0 heterocycles. The fraction of sp³-hybridized carbons (Fsp3) is 0.200. The van der Waals surface area contributed by atoms with Crippen LogP contribution in [0.2, 0.25) is 0 Å². The molecule has 4 heteroatoms. The van der Waals surface area contributed by atoms with E-state index in [1.54, 1.807) is 6.07 Å². The molecule has 0 aliphatic rings. The highest BCUT2D eigenvalue weighted by atomic mass is 79.9. The number of rotatable bonds is 2. The van der Waals surface area contributed by atoms with E-state index in [0.29, 0.717) is 4.47 Å². The first-order valence-electron chi connectivity index (χ1n) is 3.95. The van der Waals surface area contributed by atoms with Gasteiger partial charge in [-0.15, -0.1) is 0 Å². The predicted octanol–water partition coefficient (Wildman–Crippen LogP) is 2.93. The van der Waals surface area contributed by atoms with Gasteiger partial charge in [-0.05, 0) is 25.1 Å². The van der Waals surface area contributed by atoms with Gasteiger partial charge in [0.2, 0.25) is 0 Å². The van der Waals surface area contributed by atoms with Gasteiger partial charge in [-0.1, -0.05) is 15.9 Å². The SMILES string of the molecule is CC(C#N)C(=O)c1cc(Br)ccc1F. The lowest BCUT2D eigenvalue weighted by Crippen LogP contribution is -2.11. The number of halogens is 2. The Morgan fingerprint density at radius 1 is 1.64 bits per heavy atom. The van der Waals surface area contributed by atoms with Crippen molar-refractivity contribution >= 4 is 21.7 Å². The van der Waals surface area contributed by atoms with E-state index in [2.05, 4.69) is 15.9 Å². The topological polar surface area (TPSA) is 40.9 Å². The molecule has 0 N–H and O–H groups in total. The lowest BCUT2D eigenvalue weighted by molar-refractivity contribution is 0.0952. The third kappa shape index (κ3) is 2.18. The molecule has 0 aromatic heterocycles. The number of carbonyl (C=O) groups is 1. The van der Waals surface area contributed by atoms with E-state index in [1.807, 2.05) is 0 Å². The molecule has 0 aliphatic carbocycles. The maximum absolute atomic E-state index is 13.2. The Hall–Kier alpha value is -1.21. The Balaban J connectivity index is 3.14. The zero-order valence-electron chi connectivity index (χ0n) is 7.42. The van der Waals surface area contributed by atoms with Gasteiger partial charge in [-0.3, -0.25) is 4.79 Å². The molecule has 0 radical (unpaired) electrons. The smallest absolute Gasteiger partial charge is 0.182 e. The van der Waals surface area contributed by atoms with E-state index >= 15 is 0 Å². The molecule has 0 saturated heterocycles. The lowest BCUT2D eigenvalue weighted by Gasteiger charge is -2.03. The van der Waals surface area contributed by atoms with E-state index in [9.17, 15) is 9.18 Å². The monoisotopic (exact) mass is 255 g/mol. The summed E-state index contributed by atoms with van der Waals surface area (Å²) in [7, 11) is 0. The minimum absolute atomic E-state index is 0.0478. The molecule has 0 aliphatic heterocycles. The maximum Gasteiger partial charge on any atom is 0.182 e. The van der Waals surface area contributed by atoms with Crippen LogP contribution in [-0.4, -0.2) is 5.78 Å². The molecule has 0 saturated carbocycles. The molecular formula is C10H7BrFNO. The third-order valence-corrected chi connectivity index (χ3v) is 2.27. The quantitative estimate of drug-likeness (QED) is 0.763. The summed E-state index contributed by atoms with van der Waals surface area (Å²) in [5.74, 6) is -1.91. The first-order chi connectivity index (χ1) is 6.56. The van der Waals surface area contributed by atoms with Crippen LogP contribution in [0.1, 0.15) is 17.3 Å². The van der Waals surface area contributed by atoms with E-state index in [1.165, 1.54) is 25.1 Å². The second kappa shape index (κ2) is 4.34. The van der Waals surface area contributed by atoms with Gasteiger partial charge < -0.3 is 0 Å². The zero-order chi connectivity index (χ0) is 10.7. The highest BCUT2D eigenvalue weighted by molar-refractivity contribution is 9.10. The highest BCUT2D eigenvalue weighted by Gasteiger charge is 2.18. The number of ketones is 1. The van der Waals surface area contributed by atoms with Crippen LogP contribution in [0.3, 0.4) is 0 Å². The van der Waals surface area contributed by atoms with Crippen LogP contribution in [0.5, 0.6) is 0 Å². The largest absolute Gasteiger partial charge is 0.293 e. The van der Waals surface area contributed by atoms with Gasteiger partial charge in [-0.2, -0.15) is 5.26 Å². The van der Waals surface area contributed by atoms with E-state index in [0.717, 1.165) is 0 Å². The molecule has 2 nitrogen and oxygen atoms in total. The number of carbonyl (C=O) groups excluding carboxylic acids is 1. The molecule has 0 amide bonds. The summed E-state index contributed by atoms with van der Waals surface area (Å²) in [6.07, 6.45) is 0. The second-order valence-electron chi connectivity index (χ2n) is 2.84. The Labute approximate surface area is 89.5 Å². The number of benzene rings is 1. The lowest BCUT2D eigenvalue weighted by atomic mass is 10.0. The summed E-state index contributed by atoms with van der Waals surface area (Å²) >= 11 is 3.13.